The monoisotopic (exact) mass is 462 g/mol. The van der Waals surface area contributed by atoms with Crippen molar-refractivity contribution in [1.29, 1.82) is 0 Å². The smallest absolute Gasteiger partial charge is 0.272 e. The van der Waals surface area contributed by atoms with Gasteiger partial charge in [0.1, 0.15) is 11.6 Å². The summed E-state index contributed by atoms with van der Waals surface area (Å²) in [5, 5.41) is 10.3. The van der Waals surface area contributed by atoms with Gasteiger partial charge in [0.05, 0.1) is 16.6 Å². The summed E-state index contributed by atoms with van der Waals surface area (Å²) < 4.78 is 28.1. The molecule has 0 aliphatic carbocycles. The third-order valence-electron chi connectivity index (χ3n) is 5.82. The second-order valence-corrected chi connectivity index (χ2v) is 8.21. The first-order valence-electron chi connectivity index (χ1n) is 10.7. The Morgan fingerprint density at radius 3 is 2.68 bits per heavy atom. The van der Waals surface area contributed by atoms with E-state index < -0.39 is 17.2 Å². The lowest BCUT2D eigenvalue weighted by molar-refractivity contribution is 0.0516. The Hall–Kier alpha value is -4.21. The first-order chi connectivity index (χ1) is 16.5. The first-order valence-corrected chi connectivity index (χ1v) is 10.7. The predicted molar refractivity (Wildman–Crippen MR) is 121 cm³/mol. The molecule has 0 spiro atoms. The molecule has 0 atom stereocenters. The summed E-state index contributed by atoms with van der Waals surface area (Å²) in [7, 11) is 0. The van der Waals surface area contributed by atoms with Crippen LogP contribution in [0, 0.1) is 17.6 Å². The van der Waals surface area contributed by atoms with Crippen molar-refractivity contribution in [1.82, 2.24) is 25.1 Å². The number of amides is 1. The minimum absolute atomic E-state index is 0.0184. The average molecular weight is 462 g/mol. The van der Waals surface area contributed by atoms with E-state index in [1.165, 1.54) is 24.3 Å². The number of aromatic amines is 1. The van der Waals surface area contributed by atoms with Gasteiger partial charge >= 0.3 is 0 Å². The number of hydrogen-bond acceptors (Lipinski definition) is 6. The maximum absolute atomic E-state index is 14.5. The van der Waals surface area contributed by atoms with Crippen molar-refractivity contribution in [2.24, 2.45) is 5.92 Å². The number of rotatable bonds is 6. The van der Waals surface area contributed by atoms with Crippen LogP contribution < -0.4 is 10.9 Å². The summed E-state index contributed by atoms with van der Waals surface area (Å²) >= 11 is 0. The van der Waals surface area contributed by atoms with Crippen molar-refractivity contribution in [3.8, 4) is 0 Å². The minimum Gasteiger partial charge on any atom is -0.354 e. The van der Waals surface area contributed by atoms with E-state index in [0.717, 1.165) is 6.07 Å². The molecule has 8 nitrogen and oxygen atoms in total. The topological polar surface area (TPSA) is 104 Å². The van der Waals surface area contributed by atoms with Crippen LogP contribution in [-0.4, -0.2) is 50.6 Å². The van der Waals surface area contributed by atoms with E-state index in [0.29, 0.717) is 42.2 Å². The molecule has 0 unspecified atom stereocenters. The van der Waals surface area contributed by atoms with Crippen LogP contribution >= 0.6 is 0 Å². The van der Waals surface area contributed by atoms with E-state index in [1.807, 2.05) is 0 Å². The molecule has 1 amide bonds. The van der Waals surface area contributed by atoms with Crippen molar-refractivity contribution >= 4 is 22.6 Å². The number of benzene rings is 2. The van der Waals surface area contributed by atoms with Crippen molar-refractivity contribution in [3.05, 3.63) is 93.7 Å². The Labute approximate surface area is 192 Å². The largest absolute Gasteiger partial charge is 0.354 e. The first kappa shape index (κ1) is 21.6. The Kier molecular flexibility index (Phi) is 5.70. The standard InChI is InChI=1S/C24H20F2N6O2/c25-16-3-4-17-18(10-16)22(33)31-30-21(17)9-14-2-5-20(26)19(8-14)23(34)32-12-15(13-32)11-29-24-27-6-1-7-28-24/h1-8,10,15H,9,11-13H2,(H,31,33)(H,27,28,29). The summed E-state index contributed by atoms with van der Waals surface area (Å²) in [6.07, 6.45) is 3.53. The van der Waals surface area contributed by atoms with Crippen LogP contribution in [0.25, 0.3) is 10.8 Å². The molecular formula is C24H20F2N6O2. The Morgan fingerprint density at radius 1 is 1.09 bits per heavy atom. The highest BCUT2D eigenvalue weighted by Crippen LogP contribution is 2.23. The van der Waals surface area contributed by atoms with Gasteiger partial charge in [0, 0.05) is 49.8 Å². The molecular weight excluding hydrogens is 442 g/mol. The maximum Gasteiger partial charge on any atom is 0.272 e. The van der Waals surface area contributed by atoms with Gasteiger partial charge in [-0.2, -0.15) is 5.10 Å². The molecule has 10 heteroatoms. The molecule has 2 aromatic heterocycles. The van der Waals surface area contributed by atoms with Gasteiger partial charge in [-0.1, -0.05) is 6.07 Å². The number of anilines is 1. The molecule has 1 aliphatic rings. The highest BCUT2D eigenvalue weighted by molar-refractivity contribution is 5.95. The Morgan fingerprint density at radius 2 is 1.88 bits per heavy atom. The van der Waals surface area contributed by atoms with E-state index in [1.54, 1.807) is 29.4 Å². The van der Waals surface area contributed by atoms with E-state index in [4.69, 9.17) is 0 Å². The summed E-state index contributed by atoms with van der Waals surface area (Å²) in [5.41, 5.74) is 0.636. The molecule has 4 aromatic rings. The van der Waals surface area contributed by atoms with E-state index in [2.05, 4.69) is 25.5 Å². The van der Waals surface area contributed by atoms with E-state index >= 15 is 0 Å². The van der Waals surface area contributed by atoms with Crippen LogP contribution in [-0.2, 0) is 6.42 Å². The number of hydrogen-bond donors (Lipinski definition) is 2. The van der Waals surface area contributed by atoms with Gasteiger partial charge in [0.2, 0.25) is 5.95 Å². The average Bonchev–Trinajstić information content (AvgIpc) is 2.81. The molecule has 172 valence electrons. The highest BCUT2D eigenvalue weighted by atomic mass is 19.1. The highest BCUT2D eigenvalue weighted by Gasteiger charge is 2.32. The normalized spacial score (nSPS) is 13.6. The third-order valence-corrected chi connectivity index (χ3v) is 5.82. The molecule has 5 rings (SSSR count). The van der Waals surface area contributed by atoms with E-state index in [9.17, 15) is 18.4 Å². The maximum atomic E-state index is 14.5. The fourth-order valence-corrected chi connectivity index (χ4v) is 4.03. The molecule has 0 bridgehead atoms. The fourth-order valence-electron chi connectivity index (χ4n) is 4.03. The van der Waals surface area contributed by atoms with Crippen LogP contribution in [0.4, 0.5) is 14.7 Å². The zero-order chi connectivity index (χ0) is 23.7. The molecule has 2 aromatic carbocycles. The van der Waals surface area contributed by atoms with E-state index in [-0.39, 0.29) is 29.2 Å². The SMILES string of the molecule is O=C(c1cc(Cc2n[nH]c(=O)c3cc(F)ccc23)ccc1F)N1CC(CNc2ncccn2)C1. The number of likely N-dealkylation sites (tertiary alicyclic amines) is 1. The molecule has 1 fully saturated rings. The second kappa shape index (κ2) is 8.97. The molecule has 0 saturated carbocycles. The number of fused-ring (bicyclic) bond motifs is 1. The number of nitrogens with zero attached hydrogens (tertiary/aromatic N) is 4. The molecule has 2 N–H and O–H groups in total. The predicted octanol–water partition coefficient (Wildman–Crippen LogP) is 2.77. The molecule has 1 saturated heterocycles. The molecule has 1 aliphatic heterocycles. The quantitative estimate of drug-likeness (QED) is 0.457. The Balaban J connectivity index is 1.28. The van der Waals surface area contributed by atoms with Crippen LogP contribution in [0.3, 0.4) is 0 Å². The molecule has 0 radical (unpaired) electrons. The number of carbonyl (C=O) groups is 1. The Bertz CT molecular complexity index is 1420. The summed E-state index contributed by atoms with van der Waals surface area (Å²) in [5.74, 6) is -0.764. The van der Waals surface area contributed by atoms with Gasteiger partial charge in [0.25, 0.3) is 11.5 Å². The number of aromatic nitrogens is 4. The zero-order valence-corrected chi connectivity index (χ0v) is 18.0. The van der Waals surface area contributed by atoms with Gasteiger partial charge in [-0.05, 0) is 42.0 Å². The fraction of sp³-hybridized carbons (Fsp3) is 0.208. The van der Waals surface area contributed by atoms with Gasteiger partial charge < -0.3 is 10.2 Å². The lowest BCUT2D eigenvalue weighted by Crippen LogP contribution is -2.52. The van der Waals surface area contributed by atoms with Crippen molar-refractivity contribution in [2.75, 3.05) is 25.0 Å². The summed E-state index contributed by atoms with van der Waals surface area (Å²) in [6.45, 7) is 1.61. The van der Waals surface area contributed by atoms with Gasteiger partial charge in [-0.3, -0.25) is 9.59 Å². The molecule has 34 heavy (non-hydrogen) atoms. The number of H-pyrrole nitrogens is 1. The van der Waals surface area contributed by atoms with Crippen LogP contribution in [0.15, 0.2) is 59.7 Å². The van der Waals surface area contributed by atoms with Crippen molar-refractivity contribution in [2.45, 2.75) is 6.42 Å². The minimum atomic E-state index is -0.602. The third kappa shape index (κ3) is 4.34. The number of carbonyl (C=O) groups excluding carboxylic acids is 1. The van der Waals surface area contributed by atoms with Crippen LogP contribution in [0.1, 0.15) is 21.6 Å². The van der Waals surface area contributed by atoms with Crippen LogP contribution in [0.5, 0.6) is 0 Å². The summed E-state index contributed by atoms with van der Waals surface area (Å²) in [6, 6.07) is 9.95. The molecule has 3 heterocycles. The number of nitrogens with one attached hydrogen (secondary N) is 2. The lowest BCUT2D eigenvalue weighted by Gasteiger charge is -2.39. The van der Waals surface area contributed by atoms with Crippen molar-refractivity contribution < 1.29 is 13.6 Å². The van der Waals surface area contributed by atoms with Crippen molar-refractivity contribution in [3.63, 3.8) is 0 Å². The zero-order valence-electron chi connectivity index (χ0n) is 18.0. The second-order valence-electron chi connectivity index (χ2n) is 8.21. The summed E-state index contributed by atoms with van der Waals surface area (Å²) in [4.78, 5) is 34.7. The van der Waals surface area contributed by atoms with Gasteiger partial charge in [-0.15, -0.1) is 0 Å². The number of halogens is 2. The van der Waals surface area contributed by atoms with Gasteiger partial charge in [0.15, 0.2) is 0 Å². The van der Waals surface area contributed by atoms with Gasteiger partial charge in [-0.25, -0.2) is 23.8 Å². The lowest BCUT2D eigenvalue weighted by atomic mass is 9.97. The van der Waals surface area contributed by atoms with Crippen LogP contribution in [0.2, 0.25) is 0 Å².